The zero-order chi connectivity index (χ0) is 19.4. The summed E-state index contributed by atoms with van der Waals surface area (Å²) in [4.78, 5) is 19.0. The topological polar surface area (TPSA) is 53.9 Å². The summed E-state index contributed by atoms with van der Waals surface area (Å²) in [6.07, 6.45) is -4.22. The van der Waals surface area contributed by atoms with E-state index in [1.807, 2.05) is 30.3 Å². The number of nitrogens with zero attached hydrogens (tertiary/aromatic N) is 2. The molecule has 27 heavy (non-hydrogen) atoms. The molecule has 2 aromatic rings. The molecular weight excluding hydrogens is 359 g/mol. The van der Waals surface area contributed by atoms with E-state index in [0.29, 0.717) is 6.42 Å². The lowest BCUT2D eigenvalue weighted by molar-refractivity contribution is -0.137. The highest BCUT2D eigenvalue weighted by Crippen LogP contribution is 2.30. The van der Waals surface area contributed by atoms with Crippen molar-refractivity contribution in [2.75, 3.05) is 18.9 Å². The second-order valence-electron chi connectivity index (χ2n) is 6.22. The van der Waals surface area contributed by atoms with Crippen LogP contribution in [0.1, 0.15) is 17.5 Å². The van der Waals surface area contributed by atoms with Crippen molar-refractivity contribution in [3.63, 3.8) is 0 Å². The van der Waals surface area contributed by atoms with Crippen LogP contribution < -0.4 is 5.32 Å². The van der Waals surface area contributed by atoms with Crippen LogP contribution in [0.4, 0.5) is 23.7 Å². The first-order valence-electron chi connectivity index (χ1n) is 8.30. The van der Waals surface area contributed by atoms with Crippen molar-refractivity contribution in [3.8, 4) is 0 Å². The molecule has 5 nitrogen and oxygen atoms in total. The molecule has 8 heteroatoms. The molecule has 0 saturated carbocycles. The number of halogens is 3. The van der Waals surface area contributed by atoms with Crippen molar-refractivity contribution in [2.45, 2.75) is 18.7 Å². The number of urea groups is 1. The van der Waals surface area contributed by atoms with Crippen LogP contribution in [0.2, 0.25) is 0 Å². The van der Waals surface area contributed by atoms with Crippen molar-refractivity contribution in [1.82, 2.24) is 4.90 Å². The van der Waals surface area contributed by atoms with Crippen LogP contribution in [0, 0.1) is 0 Å². The summed E-state index contributed by atoms with van der Waals surface area (Å²) in [7, 11) is 1.55. The van der Waals surface area contributed by atoms with Gasteiger partial charge in [0.05, 0.1) is 17.8 Å². The van der Waals surface area contributed by atoms with Gasteiger partial charge in [0.2, 0.25) is 0 Å². The molecular formula is C19H18F3N3O2. The molecule has 1 aliphatic heterocycles. The highest BCUT2D eigenvalue weighted by Gasteiger charge is 2.30. The van der Waals surface area contributed by atoms with Crippen LogP contribution in [0.25, 0.3) is 0 Å². The van der Waals surface area contributed by atoms with E-state index < -0.39 is 17.8 Å². The summed E-state index contributed by atoms with van der Waals surface area (Å²) in [6, 6.07) is 13.5. The fraction of sp³-hybridized carbons (Fsp3) is 0.263. The number of likely N-dealkylation sites (N-methyl/N-ethyl adjacent to an activating group) is 1. The smallest absolute Gasteiger partial charge is 0.390 e. The third-order valence-corrected chi connectivity index (χ3v) is 4.11. The van der Waals surface area contributed by atoms with Crippen molar-refractivity contribution in [3.05, 3.63) is 65.7 Å². The summed E-state index contributed by atoms with van der Waals surface area (Å²) in [6.45, 7) is 0.255. The van der Waals surface area contributed by atoms with E-state index >= 15 is 0 Å². The Morgan fingerprint density at radius 3 is 2.67 bits per heavy atom. The molecule has 1 atom stereocenters. The van der Waals surface area contributed by atoms with Gasteiger partial charge in [0.25, 0.3) is 0 Å². The first-order valence-corrected chi connectivity index (χ1v) is 8.30. The number of oxime groups is 1. The Kier molecular flexibility index (Phi) is 5.34. The number of carbonyl (C=O) groups excluding carboxylic acids is 1. The molecule has 0 fully saturated rings. The molecule has 2 amide bonds. The van der Waals surface area contributed by atoms with Crippen molar-refractivity contribution in [2.24, 2.45) is 5.16 Å². The van der Waals surface area contributed by atoms with Crippen LogP contribution in [-0.4, -0.2) is 36.3 Å². The molecule has 0 aliphatic carbocycles. The number of hydrogen-bond donors (Lipinski definition) is 1. The number of anilines is 1. The second kappa shape index (κ2) is 7.69. The number of benzene rings is 2. The third-order valence-electron chi connectivity index (χ3n) is 4.11. The van der Waals surface area contributed by atoms with Gasteiger partial charge in [-0.3, -0.25) is 0 Å². The molecule has 0 spiro atoms. The molecule has 0 aromatic heterocycles. The Hall–Kier alpha value is -3.03. The zero-order valence-corrected chi connectivity index (χ0v) is 14.5. The van der Waals surface area contributed by atoms with Gasteiger partial charge in [-0.25, -0.2) is 4.79 Å². The highest BCUT2D eigenvalue weighted by atomic mass is 19.4. The molecule has 0 saturated heterocycles. The van der Waals surface area contributed by atoms with E-state index in [-0.39, 0.29) is 18.3 Å². The lowest BCUT2D eigenvalue weighted by Gasteiger charge is -2.20. The van der Waals surface area contributed by atoms with Gasteiger partial charge >= 0.3 is 12.2 Å². The molecule has 0 radical (unpaired) electrons. The van der Waals surface area contributed by atoms with E-state index in [2.05, 4.69) is 10.5 Å². The lowest BCUT2D eigenvalue weighted by Crippen LogP contribution is -2.37. The van der Waals surface area contributed by atoms with Gasteiger partial charge in [-0.05, 0) is 23.8 Å². The van der Waals surface area contributed by atoms with Gasteiger partial charge < -0.3 is 15.1 Å². The van der Waals surface area contributed by atoms with Gasteiger partial charge in [0.1, 0.15) is 0 Å². The Morgan fingerprint density at radius 2 is 1.96 bits per heavy atom. The fourth-order valence-corrected chi connectivity index (χ4v) is 2.71. The largest absolute Gasteiger partial charge is 0.416 e. The number of carbonyl (C=O) groups is 1. The molecule has 1 heterocycles. The number of amides is 2. The minimum atomic E-state index is -4.46. The van der Waals surface area contributed by atoms with E-state index in [0.717, 1.165) is 23.4 Å². The standard InChI is InChI=1S/C19H18F3N3O2/c1-25(12-16-11-17(24-27-16)13-6-3-2-4-7-13)18(26)23-15-9-5-8-14(10-15)19(20,21)22/h2-10,16H,11-12H2,1H3,(H,23,26). The average molecular weight is 377 g/mol. The maximum Gasteiger partial charge on any atom is 0.416 e. The minimum Gasteiger partial charge on any atom is -0.390 e. The number of hydrogen-bond acceptors (Lipinski definition) is 3. The second-order valence-corrected chi connectivity index (χ2v) is 6.22. The van der Waals surface area contributed by atoms with Gasteiger partial charge in [-0.15, -0.1) is 0 Å². The summed E-state index contributed by atoms with van der Waals surface area (Å²) in [5.74, 6) is 0. The minimum absolute atomic E-state index is 0.0789. The Bertz CT molecular complexity index is 838. The molecule has 3 rings (SSSR count). The van der Waals surface area contributed by atoms with Crippen LogP contribution in [0.3, 0.4) is 0 Å². The normalized spacial score (nSPS) is 16.4. The zero-order valence-electron chi connectivity index (χ0n) is 14.5. The molecule has 1 N–H and O–H groups in total. The third kappa shape index (κ3) is 4.78. The van der Waals surface area contributed by atoms with Gasteiger partial charge in [-0.1, -0.05) is 41.6 Å². The van der Waals surface area contributed by atoms with Crippen molar-refractivity contribution < 1.29 is 22.8 Å². The summed E-state index contributed by atoms with van der Waals surface area (Å²) >= 11 is 0. The van der Waals surface area contributed by atoms with Gasteiger partial charge in [0, 0.05) is 19.2 Å². The maximum atomic E-state index is 12.8. The number of alkyl halides is 3. The van der Waals surface area contributed by atoms with E-state index in [9.17, 15) is 18.0 Å². The summed E-state index contributed by atoms with van der Waals surface area (Å²) < 4.78 is 38.3. The van der Waals surface area contributed by atoms with Gasteiger partial charge in [-0.2, -0.15) is 13.2 Å². The maximum absolute atomic E-state index is 12.8. The quantitative estimate of drug-likeness (QED) is 0.861. The fourth-order valence-electron chi connectivity index (χ4n) is 2.71. The van der Waals surface area contributed by atoms with E-state index in [4.69, 9.17) is 4.84 Å². The van der Waals surface area contributed by atoms with Crippen LogP contribution in [0.5, 0.6) is 0 Å². The lowest BCUT2D eigenvalue weighted by atomic mass is 10.1. The number of nitrogens with one attached hydrogen (secondary N) is 1. The first kappa shape index (κ1) is 18.8. The average Bonchev–Trinajstić information content (AvgIpc) is 3.10. The predicted molar refractivity (Wildman–Crippen MR) is 95.6 cm³/mol. The monoisotopic (exact) mass is 377 g/mol. The molecule has 142 valence electrons. The van der Waals surface area contributed by atoms with Gasteiger partial charge in [0.15, 0.2) is 6.10 Å². The van der Waals surface area contributed by atoms with Crippen LogP contribution >= 0.6 is 0 Å². The Morgan fingerprint density at radius 1 is 1.22 bits per heavy atom. The summed E-state index contributed by atoms with van der Waals surface area (Å²) in [5, 5.41) is 6.52. The number of rotatable bonds is 4. The molecule has 1 aliphatic rings. The highest BCUT2D eigenvalue weighted by molar-refractivity contribution is 6.01. The van der Waals surface area contributed by atoms with E-state index in [1.165, 1.54) is 17.0 Å². The summed E-state index contributed by atoms with van der Waals surface area (Å²) in [5.41, 5.74) is 1.02. The van der Waals surface area contributed by atoms with Crippen LogP contribution in [0.15, 0.2) is 59.8 Å². The van der Waals surface area contributed by atoms with E-state index in [1.54, 1.807) is 7.05 Å². The molecule has 0 bridgehead atoms. The van der Waals surface area contributed by atoms with Crippen LogP contribution in [-0.2, 0) is 11.0 Å². The Labute approximate surface area is 154 Å². The first-order chi connectivity index (χ1) is 12.8. The predicted octanol–water partition coefficient (Wildman–Crippen LogP) is 4.36. The van der Waals surface area contributed by atoms with Crippen molar-refractivity contribution >= 4 is 17.4 Å². The SMILES string of the molecule is CN(CC1CC(c2ccccc2)=NO1)C(=O)Nc1cccc(C(F)(F)F)c1. The van der Waals surface area contributed by atoms with Crippen molar-refractivity contribution in [1.29, 1.82) is 0 Å². The Balaban J connectivity index is 1.55. The molecule has 2 aromatic carbocycles. The molecule has 1 unspecified atom stereocenters.